The molecule has 2 nitrogen and oxygen atoms in total. The van der Waals surface area contributed by atoms with Gasteiger partial charge in [0.25, 0.3) is 6.47 Å². The van der Waals surface area contributed by atoms with Crippen LogP contribution in [0.4, 0.5) is 0 Å². The van der Waals surface area contributed by atoms with Crippen LogP contribution in [0.3, 0.4) is 0 Å². The molecule has 4 rings (SSSR count). The molecule has 2 bridgehead atoms. The van der Waals surface area contributed by atoms with E-state index in [-0.39, 0.29) is 6.10 Å². The van der Waals surface area contributed by atoms with Crippen molar-refractivity contribution in [2.75, 3.05) is 0 Å². The quantitative estimate of drug-likeness (QED) is 0.710. The fourth-order valence-electron chi connectivity index (χ4n) is 3.41. The van der Waals surface area contributed by atoms with Crippen molar-refractivity contribution in [2.45, 2.75) is 43.6 Å². The van der Waals surface area contributed by atoms with E-state index in [4.69, 9.17) is 4.74 Å². The second-order valence-corrected chi connectivity index (χ2v) is 4.87. The first kappa shape index (κ1) is 9.88. The molecule has 3 aliphatic rings. The smallest absolute Gasteiger partial charge is 0.293 e. The summed E-state index contributed by atoms with van der Waals surface area (Å²) in [5.41, 5.74) is 2.92. The lowest BCUT2D eigenvalue weighted by Crippen LogP contribution is -2.27. The zero-order chi connectivity index (χ0) is 11.0. The van der Waals surface area contributed by atoms with Crippen molar-refractivity contribution in [3.05, 3.63) is 35.4 Å². The molecule has 0 spiro atoms. The predicted molar refractivity (Wildman–Crippen MR) is 61.3 cm³/mol. The molecular formula is C14H16O2. The molecule has 0 heterocycles. The van der Waals surface area contributed by atoms with Crippen LogP contribution in [-0.2, 0) is 9.53 Å². The van der Waals surface area contributed by atoms with Crippen LogP contribution in [0.15, 0.2) is 24.3 Å². The molecule has 0 radical (unpaired) electrons. The second kappa shape index (κ2) is 3.93. The van der Waals surface area contributed by atoms with Crippen molar-refractivity contribution >= 4 is 6.47 Å². The Bertz CT molecular complexity index is 399. The van der Waals surface area contributed by atoms with Crippen LogP contribution in [0.5, 0.6) is 0 Å². The molecule has 16 heavy (non-hydrogen) atoms. The van der Waals surface area contributed by atoms with Gasteiger partial charge in [0.15, 0.2) is 0 Å². The zero-order valence-corrected chi connectivity index (χ0v) is 9.26. The average Bonchev–Trinajstić information content (AvgIpc) is 2.62. The van der Waals surface area contributed by atoms with Crippen molar-refractivity contribution in [3.63, 3.8) is 0 Å². The molecule has 3 atom stereocenters. The Morgan fingerprint density at radius 1 is 1.19 bits per heavy atom. The maximum atomic E-state index is 10.6. The highest BCUT2D eigenvalue weighted by atomic mass is 16.5. The van der Waals surface area contributed by atoms with Gasteiger partial charge in [0, 0.05) is 5.92 Å². The molecule has 0 amide bonds. The Morgan fingerprint density at radius 3 is 2.81 bits per heavy atom. The van der Waals surface area contributed by atoms with Gasteiger partial charge in [-0.15, -0.1) is 0 Å². The summed E-state index contributed by atoms with van der Waals surface area (Å²) < 4.78 is 5.27. The lowest BCUT2D eigenvalue weighted by Gasteiger charge is -2.33. The maximum Gasteiger partial charge on any atom is 0.293 e. The van der Waals surface area contributed by atoms with E-state index in [0.29, 0.717) is 18.3 Å². The molecular weight excluding hydrogens is 200 g/mol. The SMILES string of the molecule is O=CO[C@H]1C[C@@H]2CCC[C@H]1c1ccccc12. The molecule has 0 aliphatic heterocycles. The summed E-state index contributed by atoms with van der Waals surface area (Å²) in [6.07, 6.45) is 4.78. The molecule has 0 aromatic heterocycles. The van der Waals surface area contributed by atoms with E-state index in [2.05, 4.69) is 24.3 Å². The molecule has 0 unspecified atom stereocenters. The van der Waals surface area contributed by atoms with E-state index in [1.807, 2.05) is 0 Å². The van der Waals surface area contributed by atoms with Crippen LogP contribution in [0.1, 0.15) is 48.6 Å². The molecule has 1 aromatic rings. The van der Waals surface area contributed by atoms with Crippen molar-refractivity contribution in [2.24, 2.45) is 0 Å². The van der Waals surface area contributed by atoms with Crippen LogP contribution in [0.25, 0.3) is 0 Å². The van der Waals surface area contributed by atoms with E-state index in [1.165, 1.54) is 24.0 Å². The number of carbonyl (C=O) groups excluding carboxylic acids is 1. The fourth-order valence-corrected chi connectivity index (χ4v) is 3.41. The Balaban J connectivity index is 2.04. The molecule has 1 saturated carbocycles. The minimum Gasteiger partial charge on any atom is -0.464 e. The third-order valence-corrected chi connectivity index (χ3v) is 4.10. The van der Waals surface area contributed by atoms with Crippen LogP contribution >= 0.6 is 0 Å². The van der Waals surface area contributed by atoms with Crippen molar-refractivity contribution in [1.29, 1.82) is 0 Å². The van der Waals surface area contributed by atoms with Gasteiger partial charge in [0.1, 0.15) is 6.10 Å². The monoisotopic (exact) mass is 216 g/mol. The normalized spacial score (nSPS) is 31.6. The number of carbonyl (C=O) groups is 1. The summed E-state index contributed by atoms with van der Waals surface area (Å²) in [5.74, 6) is 1.03. The fraction of sp³-hybridized carbons (Fsp3) is 0.500. The van der Waals surface area contributed by atoms with E-state index < -0.39 is 0 Å². The predicted octanol–water partition coefficient (Wildman–Crippen LogP) is 2.98. The lowest BCUT2D eigenvalue weighted by atomic mass is 9.76. The third kappa shape index (κ3) is 1.44. The summed E-state index contributed by atoms with van der Waals surface area (Å²) in [5, 5.41) is 0. The highest BCUT2D eigenvalue weighted by Crippen LogP contribution is 2.47. The van der Waals surface area contributed by atoms with E-state index in [1.54, 1.807) is 0 Å². The van der Waals surface area contributed by atoms with Crippen LogP contribution < -0.4 is 0 Å². The van der Waals surface area contributed by atoms with Crippen molar-refractivity contribution < 1.29 is 9.53 Å². The molecule has 0 N–H and O–H groups in total. The van der Waals surface area contributed by atoms with Gasteiger partial charge >= 0.3 is 0 Å². The van der Waals surface area contributed by atoms with Gasteiger partial charge in [-0.3, -0.25) is 4.79 Å². The van der Waals surface area contributed by atoms with E-state index in [9.17, 15) is 4.79 Å². The summed E-state index contributed by atoms with van der Waals surface area (Å²) in [6, 6.07) is 8.67. The Kier molecular flexibility index (Phi) is 2.43. The van der Waals surface area contributed by atoms with Gasteiger partial charge in [0.2, 0.25) is 0 Å². The molecule has 3 aliphatic carbocycles. The standard InChI is InChI=1S/C14H16O2/c15-9-16-14-8-10-4-3-7-13(14)12-6-2-1-5-11(10)12/h1-2,5-6,9-10,13-14H,3-4,7-8H2/t10-,13-,14-/m0/s1. The molecule has 1 fully saturated rings. The van der Waals surface area contributed by atoms with E-state index in [0.717, 1.165) is 12.8 Å². The van der Waals surface area contributed by atoms with Crippen LogP contribution in [0, 0.1) is 0 Å². The van der Waals surface area contributed by atoms with Gasteiger partial charge in [-0.25, -0.2) is 0 Å². The number of benzene rings is 1. The zero-order valence-electron chi connectivity index (χ0n) is 9.26. The second-order valence-electron chi connectivity index (χ2n) is 4.87. The third-order valence-electron chi connectivity index (χ3n) is 4.10. The van der Waals surface area contributed by atoms with Crippen LogP contribution in [-0.4, -0.2) is 12.6 Å². The number of fused-ring (bicyclic) bond motifs is 3. The molecule has 0 saturated heterocycles. The Morgan fingerprint density at radius 2 is 2.00 bits per heavy atom. The summed E-state index contributed by atoms with van der Waals surface area (Å²) in [7, 11) is 0. The first-order valence-electron chi connectivity index (χ1n) is 6.08. The number of hydrogen-bond acceptors (Lipinski definition) is 2. The van der Waals surface area contributed by atoms with Gasteiger partial charge in [-0.05, 0) is 36.3 Å². The summed E-state index contributed by atoms with van der Waals surface area (Å²) >= 11 is 0. The minimum absolute atomic E-state index is 0.111. The number of ether oxygens (including phenoxy) is 1. The minimum atomic E-state index is 0.111. The molecule has 2 heteroatoms. The molecule has 1 aromatic carbocycles. The van der Waals surface area contributed by atoms with Crippen LogP contribution in [0.2, 0.25) is 0 Å². The van der Waals surface area contributed by atoms with Gasteiger partial charge < -0.3 is 4.74 Å². The first-order chi connectivity index (χ1) is 7.90. The van der Waals surface area contributed by atoms with Gasteiger partial charge in [0.05, 0.1) is 0 Å². The average molecular weight is 216 g/mol. The van der Waals surface area contributed by atoms with Gasteiger partial charge in [-0.1, -0.05) is 30.7 Å². The van der Waals surface area contributed by atoms with Gasteiger partial charge in [-0.2, -0.15) is 0 Å². The van der Waals surface area contributed by atoms with E-state index >= 15 is 0 Å². The largest absolute Gasteiger partial charge is 0.464 e. The highest BCUT2D eigenvalue weighted by Gasteiger charge is 2.38. The summed E-state index contributed by atoms with van der Waals surface area (Å²) in [6.45, 7) is 0.619. The Labute approximate surface area is 95.6 Å². The summed E-state index contributed by atoms with van der Waals surface area (Å²) in [4.78, 5) is 10.6. The molecule has 84 valence electrons. The Hall–Kier alpha value is -1.31. The van der Waals surface area contributed by atoms with Crippen molar-refractivity contribution in [1.82, 2.24) is 0 Å². The van der Waals surface area contributed by atoms with Crippen molar-refractivity contribution in [3.8, 4) is 0 Å². The highest BCUT2D eigenvalue weighted by molar-refractivity contribution is 5.42. The maximum absolute atomic E-state index is 10.6. The lowest BCUT2D eigenvalue weighted by molar-refractivity contribution is -0.135. The number of hydrogen-bond donors (Lipinski definition) is 0. The topological polar surface area (TPSA) is 26.3 Å². The first-order valence-corrected chi connectivity index (χ1v) is 6.08. The number of rotatable bonds is 2.